The molecule has 0 amide bonds. The molecule has 1 fully saturated rings. The van der Waals surface area contributed by atoms with Gasteiger partial charge in [0, 0.05) is 9.52 Å². The predicted octanol–water partition coefficient (Wildman–Crippen LogP) is 13.0. The Morgan fingerprint density at radius 1 is 0.520 bits per heavy atom. The van der Waals surface area contributed by atoms with Gasteiger partial charge in [0.2, 0.25) is 0 Å². The molecule has 0 aromatic heterocycles. The molecule has 6 aromatic carbocycles. The molecule has 2 aliphatic carbocycles. The monoisotopic (exact) mass is 832 g/mol. The molecule has 0 bridgehead atoms. The summed E-state index contributed by atoms with van der Waals surface area (Å²) in [5.74, 6) is 0.917. The fourth-order valence-electron chi connectivity index (χ4n) is 9.57. The Kier molecular flexibility index (Phi) is 10.0. The van der Waals surface area contributed by atoms with Gasteiger partial charge in [-0.2, -0.15) is 0 Å². The van der Waals surface area contributed by atoms with E-state index >= 15 is 0 Å². The van der Waals surface area contributed by atoms with Crippen LogP contribution in [0.1, 0.15) is 84.7 Å². The Morgan fingerprint density at radius 2 is 0.920 bits per heavy atom. The van der Waals surface area contributed by atoms with Gasteiger partial charge in [-0.15, -0.1) is 0 Å². The molecule has 2 unspecified atom stereocenters. The van der Waals surface area contributed by atoms with Gasteiger partial charge in [0.25, 0.3) is 0 Å². The van der Waals surface area contributed by atoms with Crippen molar-refractivity contribution < 1.29 is 22.9 Å². The molecule has 2 atom stereocenters. The van der Waals surface area contributed by atoms with Gasteiger partial charge in [-0.1, -0.05) is 24.9 Å². The minimum absolute atomic E-state index is 0.458. The summed E-state index contributed by atoms with van der Waals surface area (Å²) in [6, 6.07) is 53.7. The number of benzene rings is 6. The first-order valence-electron chi connectivity index (χ1n) is 19.0. The van der Waals surface area contributed by atoms with Crippen LogP contribution in [0.15, 0.2) is 145 Å². The SMILES string of the molecule is C1CC[SiH2]C1.CCC1=C(c2cccc3ccccc23)c2ccccc2C1[CH]([Hf][CH3])C1C(CC)=C(c2cccc3ccccc23)c2ccccc21. The van der Waals surface area contributed by atoms with Crippen LogP contribution >= 0.6 is 0 Å². The van der Waals surface area contributed by atoms with Crippen LogP contribution in [-0.2, 0) is 22.9 Å². The average Bonchev–Trinajstić information content (AvgIpc) is 3.94. The van der Waals surface area contributed by atoms with E-state index in [1.54, 1.807) is 47.2 Å². The van der Waals surface area contributed by atoms with Crippen LogP contribution in [0.3, 0.4) is 0 Å². The van der Waals surface area contributed by atoms with Crippen LogP contribution in [0.2, 0.25) is 20.4 Å². The first-order chi connectivity index (χ1) is 24.7. The summed E-state index contributed by atoms with van der Waals surface area (Å²) in [4.78, 5) is 0. The Labute approximate surface area is 312 Å². The third-order valence-corrected chi connectivity index (χ3v) is 18.5. The summed E-state index contributed by atoms with van der Waals surface area (Å²) in [6.07, 6.45) is 5.28. The van der Waals surface area contributed by atoms with Crippen LogP contribution in [0.4, 0.5) is 0 Å². The van der Waals surface area contributed by atoms with Gasteiger partial charge in [-0.05, 0) is 0 Å². The van der Waals surface area contributed by atoms with E-state index in [1.165, 1.54) is 54.9 Å². The average molecular weight is 831 g/mol. The van der Waals surface area contributed by atoms with Gasteiger partial charge < -0.3 is 0 Å². The molecular formula is C48H48HfSi. The molecule has 0 spiro atoms. The van der Waals surface area contributed by atoms with Crippen molar-refractivity contribution in [3.05, 3.63) is 178 Å². The summed E-state index contributed by atoms with van der Waals surface area (Å²) in [5, 5.41) is 5.38. The number of rotatable bonds is 7. The van der Waals surface area contributed by atoms with Crippen molar-refractivity contribution in [1.82, 2.24) is 0 Å². The molecule has 9 rings (SSSR count). The quantitative estimate of drug-likeness (QED) is 0.141. The third kappa shape index (κ3) is 5.87. The van der Waals surface area contributed by atoms with E-state index < -0.39 is 22.9 Å². The fourth-order valence-corrected chi connectivity index (χ4v) is 16.5. The fraction of sp³-hybridized carbons (Fsp3) is 0.250. The summed E-state index contributed by atoms with van der Waals surface area (Å²) < 4.78 is 3.28. The maximum atomic E-state index is 2.63. The zero-order chi connectivity index (χ0) is 34.0. The standard InChI is InChI=1S/C43H35.C4H10Si.CH3.Hf/c1-3-30-40(34-21-9-11-23-38(34)42(30)36-25-13-17-28-15-5-7-19-32(28)36)27-41-31(4-2)43(39-24-12-10-22-35(39)41)37-26-14-18-29-16-6-8-20-33(29)37;1-2-4-5-3-1;;/h5-27,40-41H,3-4H2,1-2H3;1-5H2;1H3;. The summed E-state index contributed by atoms with van der Waals surface area (Å²) >= 11 is -1.08. The summed E-state index contributed by atoms with van der Waals surface area (Å²) in [6.45, 7) is 4.81. The van der Waals surface area contributed by atoms with Crippen molar-refractivity contribution in [1.29, 1.82) is 0 Å². The van der Waals surface area contributed by atoms with E-state index in [0.29, 0.717) is 25.0 Å². The van der Waals surface area contributed by atoms with Crippen LogP contribution in [0.5, 0.6) is 0 Å². The van der Waals surface area contributed by atoms with Crippen LogP contribution in [0, 0.1) is 0 Å². The van der Waals surface area contributed by atoms with E-state index in [9.17, 15) is 0 Å². The maximum absolute atomic E-state index is 2.63. The normalized spacial score (nSPS) is 18.6. The number of allylic oxidation sites excluding steroid dienone is 2. The number of hydrogen-bond acceptors (Lipinski definition) is 0. The van der Waals surface area contributed by atoms with Gasteiger partial charge in [0.1, 0.15) is 0 Å². The van der Waals surface area contributed by atoms with Gasteiger partial charge in [0.05, 0.1) is 0 Å². The Bertz CT molecular complexity index is 2060. The molecule has 6 aromatic rings. The van der Waals surface area contributed by atoms with E-state index in [0.717, 1.165) is 12.8 Å². The number of hydrogen-bond donors (Lipinski definition) is 0. The van der Waals surface area contributed by atoms with E-state index in [-0.39, 0.29) is 0 Å². The second-order valence-corrected chi connectivity index (χ2v) is 20.9. The minimum atomic E-state index is -1.08. The van der Waals surface area contributed by atoms with Crippen LogP contribution in [-0.4, -0.2) is 9.52 Å². The van der Waals surface area contributed by atoms with Gasteiger partial charge in [-0.25, -0.2) is 0 Å². The van der Waals surface area contributed by atoms with Crippen molar-refractivity contribution in [3.8, 4) is 0 Å². The van der Waals surface area contributed by atoms with E-state index in [4.69, 9.17) is 0 Å². The second-order valence-electron chi connectivity index (χ2n) is 14.3. The topological polar surface area (TPSA) is 0 Å². The molecule has 248 valence electrons. The van der Waals surface area contributed by atoms with Crippen LogP contribution in [0.25, 0.3) is 32.7 Å². The summed E-state index contributed by atoms with van der Waals surface area (Å²) in [7, 11) is 0.543. The molecule has 1 heterocycles. The van der Waals surface area contributed by atoms with Gasteiger partial charge in [-0.3, -0.25) is 0 Å². The first kappa shape index (κ1) is 33.5. The zero-order valence-electron chi connectivity index (χ0n) is 29.9. The molecule has 50 heavy (non-hydrogen) atoms. The van der Waals surface area contributed by atoms with Gasteiger partial charge >= 0.3 is 280 Å². The molecule has 2 heteroatoms. The predicted molar refractivity (Wildman–Crippen MR) is 216 cm³/mol. The van der Waals surface area contributed by atoms with E-state index in [1.807, 2.05) is 0 Å². The Morgan fingerprint density at radius 3 is 1.34 bits per heavy atom. The molecule has 0 radical (unpaired) electrons. The van der Waals surface area contributed by atoms with Crippen molar-refractivity contribution in [2.75, 3.05) is 0 Å². The Balaban J connectivity index is 0.000000666. The van der Waals surface area contributed by atoms with Crippen LogP contribution < -0.4 is 0 Å². The molecule has 0 nitrogen and oxygen atoms in total. The first-order valence-corrected chi connectivity index (χ1v) is 26.7. The number of fused-ring (bicyclic) bond motifs is 4. The molecule has 0 saturated carbocycles. The van der Waals surface area contributed by atoms with Crippen molar-refractivity contribution in [2.24, 2.45) is 0 Å². The Hall–Kier alpha value is -3.59. The molecule has 3 aliphatic rings. The van der Waals surface area contributed by atoms with E-state index in [2.05, 4.69) is 152 Å². The second kappa shape index (κ2) is 14.9. The van der Waals surface area contributed by atoms with Gasteiger partial charge in [0.15, 0.2) is 0 Å². The molecule has 0 N–H and O–H groups in total. The molecule has 1 saturated heterocycles. The molecule has 1 aliphatic heterocycles. The zero-order valence-corrected chi connectivity index (χ0v) is 34.9. The summed E-state index contributed by atoms with van der Waals surface area (Å²) in [5.41, 5.74) is 15.1. The van der Waals surface area contributed by atoms with Crippen molar-refractivity contribution in [2.45, 2.75) is 71.8 Å². The van der Waals surface area contributed by atoms with Crippen molar-refractivity contribution >= 4 is 42.2 Å². The molecular weight excluding hydrogens is 783 g/mol. The van der Waals surface area contributed by atoms with Crippen molar-refractivity contribution in [3.63, 3.8) is 0 Å². The third-order valence-electron chi connectivity index (χ3n) is 11.7.